The Kier molecular flexibility index (Phi) is 5.27. The molecule has 0 saturated carbocycles. The predicted molar refractivity (Wildman–Crippen MR) is 132 cm³/mol. The summed E-state index contributed by atoms with van der Waals surface area (Å²) in [5, 5.41) is 2.18. The van der Waals surface area contributed by atoms with Gasteiger partial charge in [-0.1, -0.05) is 41.4 Å². The average molecular weight is 456 g/mol. The average Bonchev–Trinajstić information content (AvgIpc) is 3.03. The van der Waals surface area contributed by atoms with Crippen LogP contribution in [0.1, 0.15) is 11.3 Å². The van der Waals surface area contributed by atoms with Gasteiger partial charge in [-0.25, -0.2) is 9.67 Å². The number of aromatic nitrogens is 2. The van der Waals surface area contributed by atoms with E-state index in [2.05, 4.69) is 0 Å². The molecule has 3 aromatic carbocycles. The van der Waals surface area contributed by atoms with Gasteiger partial charge < -0.3 is 4.42 Å². The highest BCUT2D eigenvalue weighted by Gasteiger charge is 2.16. The van der Waals surface area contributed by atoms with Crippen molar-refractivity contribution in [2.45, 2.75) is 13.8 Å². The van der Waals surface area contributed by atoms with Crippen molar-refractivity contribution < 1.29 is 4.42 Å². The molecule has 5 nitrogen and oxygen atoms in total. The summed E-state index contributed by atoms with van der Waals surface area (Å²) >= 11 is 6.06. The second kappa shape index (κ2) is 8.26. The molecule has 164 valence electrons. The molecule has 0 saturated heterocycles. The summed E-state index contributed by atoms with van der Waals surface area (Å²) in [7, 11) is 1.87. The lowest BCUT2D eigenvalue weighted by Crippen LogP contribution is -2.19. The van der Waals surface area contributed by atoms with E-state index in [1.165, 1.54) is 0 Å². The van der Waals surface area contributed by atoms with E-state index >= 15 is 0 Å². The molecule has 5 rings (SSSR count). The SMILES string of the molecule is Cc1ccc2oc(-c3ccc(Cl)cc3)cc(=Nc3c(C)n(C)n(-c4ccccc4)c3=O)c2c1. The van der Waals surface area contributed by atoms with E-state index in [0.717, 1.165) is 27.9 Å². The van der Waals surface area contributed by atoms with Gasteiger partial charge in [0, 0.05) is 29.1 Å². The van der Waals surface area contributed by atoms with Gasteiger partial charge in [0.2, 0.25) is 0 Å². The summed E-state index contributed by atoms with van der Waals surface area (Å²) in [6.07, 6.45) is 0. The molecule has 0 amide bonds. The smallest absolute Gasteiger partial charge is 0.297 e. The number of benzene rings is 3. The minimum Gasteiger partial charge on any atom is -0.456 e. The Hall–Kier alpha value is -3.83. The Morgan fingerprint density at radius 2 is 1.64 bits per heavy atom. The molecule has 2 aromatic heterocycles. The first-order valence-corrected chi connectivity index (χ1v) is 11.0. The van der Waals surface area contributed by atoms with Crippen molar-refractivity contribution in [3.8, 4) is 17.0 Å². The fourth-order valence-corrected chi connectivity index (χ4v) is 4.06. The van der Waals surface area contributed by atoms with Gasteiger partial charge in [-0.3, -0.25) is 9.48 Å². The van der Waals surface area contributed by atoms with Crippen LogP contribution >= 0.6 is 11.6 Å². The maximum Gasteiger partial charge on any atom is 0.297 e. The quantitative estimate of drug-likeness (QED) is 0.330. The molecule has 0 atom stereocenters. The topological polar surface area (TPSA) is 52.4 Å². The van der Waals surface area contributed by atoms with E-state index in [0.29, 0.717) is 27.4 Å². The van der Waals surface area contributed by atoms with Gasteiger partial charge in [0.15, 0.2) is 5.69 Å². The third-order valence-corrected chi connectivity index (χ3v) is 6.04. The molecule has 6 heteroatoms. The number of hydrogen-bond donors (Lipinski definition) is 0. The molecular weight excluding hydrogens is 434 g/mol. The monoisotopic (exact) mass is 455 g/mol. The van der Waals surface area contributed by atoms with Crippen molar-refractivity contribution >= 4 is 28.3 Å². The maximum absolute atomic E-state index is 13.4. The van der Waals surface area contributed by atoms with E-state index < -0.39 is 0 Å². The van der Waals surface area contributed by atoms with Crippen LogP contribution in [0.15, 0.2) is 93.1 Å². The zero-order chi connectivity index (χ0) is 23.1. The lowest BCUT2D eigenvalue weighted by molar-refractivity contribution is 0.618. The van der Waals surface area contributed by atoms with Crippen molar-refractivity contribution in [1.82, 2.24) is 9.36 Å². The number of rotatable bonds is 3. The molecule has 0 aliphatic heterocycles. The Morgan fingerprint density at radius 1 is 0.909 bits per heavy atom. The lowest BCUT2D eigenvalue weighted by Gasteiger charge is -2.07. The summed E-state index contributed by atoms with van der Waals surface area (Å²) in [5.41, 5.74) is 4.46. The molecule has 0 fully saturated rings. The summed E-state index contributed by atoms with van der Waals surface area (Å²) in [6.45, 7) is 3.92. The highest BCUT2D eigenvalue weighted by atomic mass is 35.5. The van der Waals surface area contributed by atoms with Crippen molar-refractivity contribution in [1.29, 1.82) is 0 Å². The molecule has 0 N–H and O–H groups in total. The van der Waals surface area contributed by atoms with Crippen LogP contribution in [0.5, 0.6) is 0 Å². The van der Waals surface area contributed by atoms with Gasteiger partial charge in [-0.15, -0.1) is 0 Å². The molecule has 0 unspecified atom stereocenters. The highest BCUT2D eigenvalue weighted by molar-refractivity contribution is 6.30. The standard InChI is InChI=1S/C27H22ClN3O2/c1-17-9-14-24-22(15-17)23(16-25(33-24)19-10-12-20(28)13-11-19)29-26-18(2)30(3)31(27(26)32)21-7-5-4-6-8-21/h4-16H,1-3H3. The van der Waals surface area contributed by atoms with Crippen LogP contribution in [0.4, 0.5) is 5.69 Å². The van der Waals surface area contributed by atoms with Crippen LogP contribution in [-0.4, -0.2) is 9.36 Å². The van der Waals surface area contributed by atoms with Crippen LogP contribution in [0.25, 0.3) is 28.0 Å². The minimum absolute atomic E-state index is 0.171. The molecule has 0 radical (unpaired) electrons. The van der Waals surface area contributed by atoms with E-state index in [9.17, 15) is 4.79 Å². The zero-order valence-electron chi connectivity index (χ0n) is 18.5. The molecule has 33 heavy (non-hydrogen) atoms. The van der Waals surface area contributed by atoms with Crippen molar-refractivity contribution in [3.63, 3.8) is 0 Å². The van der Waals surface area contributed by atoms with Gasteiger partial charge in [0.25, 0.3) is 5.56 Å². The number of fused-ring (bicyclic) bond motifs is 1. The van der Waals surface area contributed by atoms with Crippen LogP contribution in [-0.2, 0) is 7.05 Å². The van der Waals surface area contributed by atoms with Crippen molar-refractivity contribution in [2.75, 3.05) is 0 Å². The van der Waals surface area contributed by atoms with Gasteiger partial charge >= 0.3 is 0 Å². The molecular formula is C27H22ClN3O2. The van der Waals surface area contributed by atoms with Crippen LogP contribution < -0.4 is 10.9 Å². The first-order chi connectivity index (χ1) is 15.9. The zero-order valence-corrected chi connectivity index (χ0v) is 19.3. The normalized spacial score (nSPS) is 11.9. The Balaban J connectivity index is 1.80. The Labute approximate surface area is 195 Å². The van der Waals surface area contributed by atoms with E-state index in [-0.39, 0.29) is 5.56 Å². The second-order valence-corrected chi connectivity index (χ2v) is 8.46. The molecule has 0 bridgehead atoms. The molecule has 0 spiro atoms. The molecule has 0 aliphatic carbocycles. The molecule has 0 aliphatic rings. The number of hydrogen-bond acceptors (Lipinski definition) is 3. The summed E-state index contributed by atoms with van der Waals surface area (Å²) < 4.78 is 9.65. The van der Waals surface area contributed by atoms with Gasteiger partial charge in [0.1, 0.15) is 11.3 Å². The number of aryl methyl sites for hydroxylation is 1. The fraction of sp³-hybridized carbons (Fsp3) is 0.111. The summed E-state index contributed by atoms with van der Waals surface area (Å²) in [6, 6.07) is 24.8. The number of halogens is 1. The maximum atomic E-state index is 13.4. The summed E-state index contributed by atoms with van der Waals surface area (Å²) in [4.78, 5) is 18.3. The number of nitrogens with zero attached hydrogens (tertiary/aromatic N) is 3. The van der Waals surface area contributed by atoms with Gasteiger partial charge in [0.05, 0.1) is 16.7 Å². The Bertz CT molecular complexity index is 1610. The first kappa shape index (κ1) is 21.0. The van der Waals surface area contributed by atoms with Crippen LogP contribution in [0.3, 0.4) is 0 Å². The lowest BCUT2D eigenvalue weighted by atomic mass is 10.1. The number of para-hydroxylation sites is 1. The van der Waals surface area contributed by atoms with Gasteiger partial charge in [-0.05, 0) is 62.4 Å². The van der Waals surface area contributed by atoms with Gasteiger partial charge in [-0.2, -0.15) is 0 Å². The largest absolute Gasteiger partial charge is 0.456 e. The predicted octanol–water partition coefficient (Wildman–Crippen LogP) is 6.09. The van der Waals surface area contributed by atoms with Crippen LogP contribution in [0, 0.1) is 13.8 Å². The van der Waals surface area contributed by atoms with E-state index in [1.807, 2.05) is 104 Å². The molecule has 2 heterocycles. The Morgan fingerprint density at radius 3 is 2.36 bits per heavy atom. The van der Waals surface area contributed by atoms with Crippen LogP contribution in [0.2, 0.25) is 5.02 Å². The fourth-order valence-electron chi connectivity index (χ4n) is 3.94. The second-order valence-electron chi connectivity index (χ2n) is 8.02. The van der Waals surface area contributed by atoms with E-state index in [4.69, 9.17) is 21.0 Å². The summed E-state index contributed by atoms with van der Waals surface area (Å²) in [5.74, 6) is 0.652. The van der Waals surface area contributed by atoms with E-state index in [1.54, 1.807) is 4.68 Å². The minimum atomic E-state index is -0.171. The molecule has 5 aromatic rings. The third kappa shape index (κ3) is 3.81. The van der Waals surface area contributed by atoms with Crippen molar-refractivity contribution in [3.05, 3.63) is 111 Å². The first-order valence-electron chi connectivity index (χ1n) is 10.6. The van der Waals surface area contributed by atoms with Crippen molar-refractivity contribution in [2.24, 2.45) is 12.0 Å². The third-order valence-electron chi connectivity index (χ3n) is 5.78. The highest BCUT2D eigenvalue weighted by Crippen LogP contribution is 2.25.